The van der Waals surface area contributed by atoms with Crippen LogP contribution in [0.3, 0.4) is 0 Å². The number of aliphatic hydroxyl groups is 1. The maximum atomic E-state index is 13.4. The number of fused-ring (bicyclic) bond motifs is 1. The Morgan fingerprint density at radius 1 is 1.26 bits per heavy atom. The Balaban J connectivity index is 1.46. The fourth-order valence-corrected chi connectivity index (χ4v) is 5.34. The molecule has 0 saturated carbocycles. The third-order valence-corrected chi connectivity index (χ3v) is 7.40. The van der Waals surface area contributed by atoms with Crippen molar-refractivity contribution in [3.05, 3.63) is 59.2 Å². The molecular formula is C26H28F3N3O3. The van der Waals surface area contributed by atoms with Crippen molar-refractivity contribution in [3.63, 3.8) is 0 Å². The minimum Gasteiger partial charge on any atom is -0.496 e. The van der Waals surface area contributed by atoms with Crippen molar-refractivity contribution in [2.24, 2.45) is 11.3 Å². The first-order valence-electron chi connectivity index (χ1n) is 11.6. The molecule has 0 radical (unpaired) electrons. The average molecular weight is 488 g/mol. The molecule has 2 aromatic carbocycles. The average Bonchev–Trinajstić information content (AvgIpc) is 3.26. The highest BCUT2D eigenvalue weighted by molar-refractivity contribution is 5.77. The van der Waals surface area contributed by atoms with Crippen LogP contribution in [0.2, 0.25) is 0 Å². The maximum Gasteiger partial charge on any atom is 0.417 e. The molecule has 4 rings (SSSR count). The first-order chi connectivity index (χ1) is 16.7. The minimum atomic E-state index is -4.62. The van der Waals surface area contributed by atoms with Crippen molar-refractivity contribution in [2.45, 2.75) is 25.4 Å². The highest BCUT2D eigenvalue weighted by Crippen LogP contribution is 2.44. The van der Waals surface area contributed by atoms with Gasteiger partial charge in [0.25, 0.3) is 0 Å². The Labute approximate surface area is 202 Å². The first kappa shape index (κ1) is 24.9. The minimum absolute atomic E-state index is 0.0117. The van der Waals surface area contributed by atoms with Gasteiger partial charge in [-0.05, 0) is 42.7 Å². The number of aryl methyl sites for hydroxylation is 1. The number of para-hydroxylation sites is 1. The van der Waals surface area contributed by atoms with Crippen LogP contribution >= 0.6 is 0 Å². The fraction of sp³-hybridized carbons (Fsp3) is 0.462. The zero-order valence-corrected chi connectivity index (χ0v) is 19.5. The van der Waals surface area contributed by atoms with Gasteiger partial charge in [0, 0.05) is 49.6 Å². The predicted molar refractivity (Wildman–Crippen MR) is 124 cm³/mol. The Kier molecular flexibility index (Phi) is 6.95. The normalized spacial score (nSPS) is 22.0. The second kappa shape index (κ2) is 9.78. The molecule has 0 bridgehead atoms. The van der Waals surface area contributed by atoms with Crippen molar-refractivity contribution in [3.8, 4) is 11.8 Å². The number of rotatable bonds is 6. The first-order valence-corrected chi connectivity index (χ1v) is 11.6. The van der Waals surface area contributed by atoms with Crippen LogP contribution in [-0.2, 0) is 17.4 Å². The molecular weight excluding hydrogens is 459 g/mol. The lowest BCUT2D eigenvalue weighted by molar-refractivity contribution is -0.137. The monoisotopic (exact) mass is 487 g/mol. The third-order valence-electron chi connectivity index (χ3n) is 7.40. The summed E-state index contributed by atoms with van der Waals surface area (Å²) in [5.74, 6) is 0.655. The third kappa shape index (κ3) is 4.94. The molecule has 0 spiro atoms. The number of piperidine rings is 1. The Hall–Kier alpha value is -3.25. The van der Waals surface area contributed by atoms with E-state index in [1.165, 1.54) is 12.1 Å². The summed E-state index contributed by atoms with van der Waals surface area (Å²) in [6.45, 7) is 1.70. The second-order valence-corrected chi connectivity index (χ2v) is 9.34. The summed E-state index contributed by atoms with van der Waals surface area (Å²) in [5.41, 5.74) is -0.476. The smallest absolute Gasteiger partial charge is 0.417 e. The molecule has 0 unspecified atom stereocenters. The number of amides is 1. The number of nitrogens with zero attached hydrogens (tertiary/aromatic N) is 3. The number of hydrogen-bond donors (Lipinski definition) is 1. The van der Waals surface area contributed by atoms with Crippen molar-refractivity contribution in [1.29, 1.82) is 5.26 Å². The van der Waals surface area contributed by atoms with E-state index in [1.54, 1.807) is 18.1 Å². The summed E-state index contributed by atoms with van der Waals surface area (Å²) in [7, 11) is 1.59. The Morgan fingerprint density at radius 3 is 2.71 bits per heavy atom. The molecule has 186 valence electrons. The summed E-state index contributed by atoms with van der Waals surface area (Å²) >= 11 is 0. The van der Waals surface area contributed by atoms with Gasteiger partial charge in [-0.25, -0.2) is 0 Å². The molecule has 9 heteroatoms. The predicted octanol–water partition coefficient (Wildman–Crippen LogP) is 3.87. The standard InChI is InChI=1S/C26H28F3N3O3/c1-35-23-5-3-2-4-18(23)7-9-24(34)32-15-20-14-31(11-10-25(20,16-32)17-33)21-8-6-19(13-30)22(12-21)26(27,28)29/h2-6,8,12,20,33H,7,9-11,14-17H2,1H3/t20-,25+/m1/s1. The molecule has 1 amide bonds. The van der Waals surface area contributed by atoms with Gasteiger partial charge in [0.2, 0.25) is 5.91 Å². The van der Waals surface area contributed by atoms with Crippen LogP contribution in [0, 0.1) is 22.7 Å². The van der Waals surface area contributed by atoms with E-state index in [4.69, 9.17) is 10.00 Å². The van der Waals surface area contributed by atoms with E-state index in [1.807, 2.05) is 29.2 Å². The molecule has 0 aliphatic carbocycles. The van der Waals surface area contributed by atoms with Gasteiger partial charge in [0.05, 0.1) is 30.9 Å². The number of likely N-dealkylation sites (tertiary alicyclic amines) is 1. The largest absolute Gasteiger partial charge is 0.496 e. The Bertz CT molecular complexity index is 1130. The molecule has 2 fully saturated rings. The van der Waals surface area contributed by atoms with Gasteiger partial charge in [-0.2, -0.15) is 18.4 Å². The van der Waals surface area contributed by atoms with Gasteiger partial charge in [0.15, 0.2) is 0 Å². The molecule has 1 N–H and O–H groups in total. The summed E-state index contributed by atoms with van der Waals surface area (Å²) in [6, 6.07) is 12.9. The lowest BCUT2D eigenvalue weighted by Crippen LogP contribution is -2.49. The molecule has 2 saturated heterocycles. The fourth-order valence-electron chi connectivity index (χ4n) is 5.34. The van der Waals surface area contributed by atoms with Crippen LogP contribution in [0.4, 0.5) is 18.9 Å². The Morgan fingerprint density at radius 2 is 2.03 bits per heavy atom. The number of hydrogen-bond acceptors (Lipinski definition) is 5. The molecule has 6 nitrogen and oxygen atoms in total. The summed E-state index contributed by atoms with van der Waals surface area (Å²) in [4.78, 5) is 16.7. The van der Waals surface area contributed by atoms with Crippen molar-refractivity contribution < 1.29 is 27.8 Å². The summed E-state index contributed by atoms with van der Waals surface area (Å²) < 4.78 is 45.7. The molecule has 2 aliphatic rings. The van der Waals surface area contributed by atoms with E-state index in [2.05, 4.69) is 0 Å². The van der Waals surface area contributed by atoms with Gasteiger partial charge in [-0.1, -0.05) is 18.2 Å². The number of alkyl halides is 3. The number of nitriles is 1. The van der Waals surface area contributed by atoms with E-state index in [9.17, 15) is 23.1 Å². The number of anilines is 1. The van der Waals surface area contributed by atoms with Crippen LogP contribution in [0.1, 0.15) is 29.5 Å². The molecule has 2 atom stereocenters. The molecule has 2 aliphatic heterocycles. The van der Waals surface area contributed by atoms with E-state index in [0.717, 1.165) is 17.4 Å². The highest BCUT2D eigenvalue weighted by Gasteiger charge is 2.50. The van der Waals surface area contributed by atoms with Crippen molar-refractivity contribution >= 4 is 11.6 Å². The number of methoxy groups -OCH3 is 1. The quantitative estimate of drug-likeness (QED) is 0.670. The van der Waals surface area contributed by atoms with E-state index in [0.29, 0.717) is 51.1 Å². The van der Waals surface area contributed by atoms with Gasteiger partial charge >= 0.3 is 6.18 Å². The molecule has 0 aromatic heterocycles. The number of carbonyl (C=O) groups excluding carboxylic acids is 1. The van der Waals surface area contributed by atoms with E-state index >= 15 is 0 Å². The zero-order valence-electron chi connectivity index (χ0n) is 19.5. The number of carbonyl (C=O) groups is 1. The maximum absolute atomic E-state index is 13.4. The summed E-state index contributed by atoms with van der Waals surface area (Å²) in [6.07, 6.45) is -3.22. The van der Waals surface area contributed by atoms with E-state index in [-0.39, 0.29) is 18.4 Å². The van der Waals surface area contributed by atoms with Crippen molar-refractivity contribution in [2.75, 3.05) is 44.8 Å². The zero-order chi connectivity index (χ0) is 25.2. The van der Waals surface area contributed by atoms with Crippen LogP contribution in [0.15, 0.2) is 42.5 Å². The van der Waals surface area contributed by atoms with Crippen LogP contribution in [0.25, 0.3) is 0 Å². The SMILES string of the molecule is COc1ccccc1CCC(=O)N1C[C@H]2CN(c3ccc(C#N)c(C(F)(F)F)c3)CC[C@@]2(CO)C1. The van der Waals surface area contributed by atoms with Crippen LogP contribution in [-0.4, -0.2) is 55.8 Å². The number of benzene rings is 2. The second-order valence-electron chi connectivity index (χ2n) is 9.34. The highest BCUT2D eigenvalue weighted by atomic mass is 19.4. The number of aliphatic hydroxyl groups excluding tert-OH is 1. The topological polar surface area (TPSA) is 76.8 Å². The van der Waals surface area contributed by atoms with Crippen LogP contribution < -0.4 is 9.64 Å². The number of halogens is 3. The molecule has 2 aromatic rings. The number of ether oxygens (including phenoxy) is 1. The van der Waals surface area contributed by atoms with Gasteiger partial charge in [0.1, 0.15) is 5.75 Å². The van der Waals surface area contributed by atoms with Gasteiger partial charge in [-0.3, -0.25) is 4.79 Å². The molecule has 35 heavy (non-hydrogen) atoms. The van der Waals surface area contributed by atoms with Gasteiger partial charge in [-0.15, -0.1) is 0 Å². The summed E-state index contributed by atoms with van der Waals surface area (Å²) in [5, 5.41) is 19.3. The lowest BCUT2D eigenvalue weighted by Gasteiger charge is -2.43. The molecule has 2 heterocycles. The van der Waals surface area contributed by atoms with E-state index < -0.39 is 22.7 Å². The van der Waals surface area contributed by atoms with Crippen molar-refractivity contribution in [1.82, 2.24) is 4.90 Å². The lowest BCUT2D eigenvalue weighted by atomic mass is 9.73. The van der Waals surface area contributed by atoms with Crippen LogP contribution in [0.5, 0.6) is 5.75 Å². The van der Waals surface area contributed by atoms with Gasteiger partial charge < -0.3 is 19.6 Å².